The molecule has 0 unspecified atom stereocenters. The van der Waals surface area contributed by atoms with Gasteiger partial charge in [0, 0.05) is 7.05 Å². The Balaban J connectivity index is 2.77. The van der Waals surface area contributed by atoms with Gasteiger partial charge in [-0.1, -0.05) is 0 Å². The molecule has 1 aromatic heterocycles. The van der Waals surface area contributed by atoms with E-state index in [9.17, 15) is 9.59 Å². The van der Waals surface area contributed by atoms with Crippen molar-refractivity contribution in [2.45, 2.75) is 13.8 Å². The Bertz CT molecular complexity index is 426. The first-order chi connectivity index (χ1) is 7.87. The van der Waals surface area contributed by atoms with E-state index in [0.29, 0.717) is 11.5 Å². The van der Waals surface area contributed by atoms with Crippen molar-refractivity contribution in [1.29, 1.82) is 0 Å². The minimum Gasteiger partial charge on any atom is -0.480 e. The number of carbonyl (C=O) groups is 2. The second kappa shape index (κ2) is 4.82. The molecule has 1 rings (SSSR count). The van der Waals surface area contributed by atoms with E-state index in [1.165, 1.54) is 20.0 Å². The Labute approximate surface area is 99.1 Å². The molecule has 0 aromatic carbocycles. The summed E-state index contributed by atoms with van der Waals surface area (Å²) < 4.78 is 0. The number of nitrogens with one attached hydrogen (secondary N) is 2. The number of carboxylic acid groups (broad SMARTS) is 1. The third-order valence-corrected chi connectivity index (χ3v) is 2.38. The van der Waals surface area contributed by atoms with Crippen molar-refractivity contribution in [1.82, 2.24) is 4.98 Å². The summed E-state index contributed by atoms with van der Waals surface area (Å²) in [5, 5.41) is 14.2. The molecule has 0 saturated heterocycles. The monoisotopic (exact) mass is 237 g/mol. The predicted octanol–water partition coefficient (Wildman–Crippen LogP) is 1.17. The molecular formula is C11H15N3O3. The van der Waals surface area contributed by atoms with E-state index < -0.39 is 17.3 Å². The topological polar surface area (TPSA) is 91.3 Å². The Hall–Kier alpha value is -2.11. The first-order valence-corrected chi connectivity index (χ1v) is 5.06. The normalized spacial score (nSPS) is 10.8. The van der Waals surface area contributed by atoms with Crippen molar-refractivity contribution >= 4 is 23.4 Å². The number of hydrogen-bond donors (Lipinski definition) is 3. The number of hydrogen-bond acceptors (Lipinski definition) is 4. The number of anilines is 2. The number of nitrogens with zero attached hydrogens (tertiary/aromatic N) is 1. The van der Waals surface area contributed by atoms with Crippen LogP contribution in [0.1, 0.15) is 13.8 Å². The van der Waals surface area contributed by atoms with Gasteiger partial charge < -0.3 is 15.7 Å². The summed E-state index contributed by atoms with van der Waals surface area (Å²) in [5.74, 6) is -1.08. The third kappa shape index (κ3) is 2.93. The van der Waals surface area contributed by atoms with Gasteiger partial charge in [0.1, 0.15) is 11.2 Å². The van der Waals surface area contributed by atoms with Crippen LogP contribution in [0.2, 0.25) is 0 Å². The third-order valence-electron chi connectivity index (χ3n) is 2.38. The van der Waals surface area contributed by atoms with Crippen LogP contribution in [-0.2, 0) is 9.59 Å². The molecule has 0 fully saturated rings. The number of pyridine rings is 1. The van der Waals surface area contributed by atoms with Gasteiger partial charge in [0.05, 0.1) is 11.9 Å². The molecule has 0 saturated carbocycles. The minimum atomic E-state index is -1.47. The maximum absolute atomic E-state index is 11.7. The van der Waals surface area contributed by atoms with Crippen molar-refractivity contribution < 1.29 is 14.7 Å². The van der Waals surface area contributed by atoms with Gasteiger partial charge in [0.2, 0.25) is 5.91 Å². The predicted molar refractivity (Wildman–Crippen MR) is 63.8 cm³/mol. The Kier molecular flexibility index (Phi) is 3.67. The molecule has 0 bridgehead atoms. The first kappa shape index (κ1) is 13.0. The van der Waals surface area contributed by atoms with Crippen molar-refractivity contribution in [2.75, 3.05) is 17.7 Å². The molecule has 92 valence electrons. The zero-order valence-corrected chi connectivity index (χ0v) is 9.94. The van der Waals surface area contributed by atoms with E-state index in [-0.39, 0.29) is 0 Å². The van der Waals surface area contributed by atoms with Crippen LogP contribution in [0.25, 0.3) is 0 Å². The maximum Gasteiger partial charge on any atom is 0.318 e. The van der Waals surface area contributed by atoms with Crippen LogP contribution < -0.4 is 10.6 Å². The lowest BCUT2D eigenvalue weighted by molar-refractivity contribution is -0.151. The van der Waals surface area contributed by atoms with Crippen molar-refractivity contribution in [3.8, 4) is 0 Å². The van der Waals surface area contributed by atoms with Gasteiger partial charge in [-0.15, -0.1) is 0 Å². The summed E-state index contributed by atoms with van der Waals surface area (Å²) in [4.78, 5) is 26.6. The Morgan fingerprint density at radius 3 is 2.41 bits per heavy atom. The van der Waals surface area contributed by atoms with Gasteiger partial charge >= 0.3 is 5.97 Å². The Morgan fingerprint density at radius 2 is 2.00 bits per heavy atom. The van der Waals surface area contributed by atoms with E-state index >= 15 is 0 Å². The van der Waals surface area contributed by atoms with Crippen LogP contribution in [0.3, 0.4) is 0 Å². The molecule has 3 N–H and O–H groups in total. The summed E-state index contributed by atoms with van der Waals surface area (Å²) in [6.07, 6.45) is 1.46. The van der Waals surface area contributed by atoms with Crippen LogP contribution in [0.15, 0.2) is 18.3 Å². The van der Waals surface area contributed by atoms with Gasteiger partial charge in [-0.05, 0) is 26.0 Å². The molecule has 0 spiro atoms. The molecule has 0 aliphatic carbocycles. The fraction of sp³-hybridized carbons (Fsp3) is 0.364. The van der Waals surface area contributed by atoms with Crippen LogP contribution in [0.5, 0.6) is 0 Å². The van der Waals surface area contributed by atoms with E-state index in [0.717, 1.165) is 0 Å². The lowest BCUT2D eigenvalue weighted by Crippen LogP contribution is -2.37. The average molecular weight is 237 g/mol. The SMILES string of the molecule is CNc1ccc(NC(=O)C(C)(C)C(=O)O)cn1. The summed E-state index contributed by atoms with van der Waals surface area (Å²) in [6, 6.07) is 3.33. The van der Waals surface area contributed by atoms with Crippen LogP contribution >= 0.6 is 0 Å². The number of aromatic nitrogens is 1. The maximum atomic E-state index is 11.7. The van der Waals surface area contributed by atoms with Crippen LogP contribution in [0.4, 0.5) is 11.5 Å². The Morgan fingerprint density at radius 1 is 1.35 bits per heavy atom. The first-order valence-electron chi connectivity index (χ1n) is 5.06. The minimum absolute atomic E-state index is 0.461. The van der Waals surface area contributed by atoms with Gasteiger partial charge in [-0.3, -0.25) is 9.59 Å². The molecule has 0 radical (unpaired) electrons. The van der Waals surface area contributed by atoms with E-state index in [2.05, 4.69) is 15.6 Å². The lowest BCUT2D eigenvalue weighted by atomic mass is 9.92. The molecule has 0 atom stereocenters. The second-order valence-corrected chi connectivity index (χ2v) is 4.07. The molecule has 17 heavy (non-hydrogen) atoms. The standard InChI is InChI=1S/C11H15N3O3/c1-11(2,10(16)17)9(15)14-7-4-5-8(12-3)13-6-7/h4-6H,1-3H3,(H,12,13)(H,14,15)(H,16,17). The second-order valence-electron chi connectivity index (χ2n) is 4.07. The van der Waals surface area contributed by atoms with Gasteiger partial charge in [0.15, 0.2) is 0 Å². The molecule has 0 aliphatic rings. The summed E-state index contributed by atoms with van der Waals surface area (Å²) in [6.45, 7) is 2.69. The van der Waals surface area contributed by atoms with Crippen molar-refractivity contribution in [3.05, 3.63) is 18.3 Å². The molecule has 1 heterocycles. The number of amides is 1. The zero-order valence-electron chi connectivity index (χ0n) is 9.94. The fourth-order valence-electron chi connectivity index (χ4n) is 1.00. The van der Waals surface area contributed by atoms with Gasteiger partial charge in [-0.2, -0.15) is 0 Å². The number of carboxylic acids is 1. The highest BCUT2D eigenvalue weighted by atomic mass is 16.4. The summed E-state index contributed by atoms with van der Waals surface area (Å²) >= 11 is 0. The number of rotatable bonds is 4. The smallest absolute Gasteiger partial charge is 0.318 e. The molecule has 6 nitrogen and oxygen atoms in total. The lowest BCUT2D eigenvalue weighted by Gasteiger charge is -2.18. The fourth-order valence-corrected chi connectivity index (χ4v) is 1.00. The van der Waals surface area contributed by atoms with E-state index in [1.54, 1.807) is 19.2 Å². The van der Waals surface area contributed by atoms with Crippen LogP contribution in [0, 0.1) is 5.41 Å². The average Bonchev–Trinajstić information content (AvgIpc) is 2.29. The van der Waals surface area contributed by atoms with Crippen molar-refractivity contribution in [3.63, 3.8) is 0 Å². The van der Waals surface area contributed by atoms with Crippen LogP contribution in [-0.4, -0.2) is 29.0 Å². The molecule has 0 aliphatic heterocycles. The summed E-state index contributed by atoms with van der Waals surface area (Å²) in [7, 11) is 1.73. The largest absolute Gasteiger partial charge is 0.480 e. The highest BCUT2D eigenvalue weighted by molar-refractivity contribution is 6.07. The van der Waals surface area contributed by atoms with E-state index in [1.807, 2.05) is 0 Å². The molecular weight excluding hydrogens is 222 g/mol. The summed E-state index contributed by atoms with van der Waals surface area (Å²) in [5.41, 5.74) is -1.01. The highest BCUT2D eigenvalue weighted by Crippen LogP contribution is 2.19. The quantitative estimate of drug-likeness (QED) is 0.684. The molecule has 6 heteroatoms. The van der Waals surface area contributed by atoms with Crippen molar-refractivity contribution in [2.24, 2.45) is 5.41 Å². The molecule has 1 amide bonds. The van der Waals surface area contributed by atoms with Gasteiger partial charge in [0.25, 0.3) is 0 Å². The van der Waals surface area contributed by atoms with E-state index in [4.69, 9.17) is 5.11 Å². The zero-order chi connectivity index (χ0) is 13.1. The van der Waals surface area contributed by atoms with Gasteiger partial charge in [-0.25, -0.2) is 4.98 Å². The number of aliphatic carboxylic acids is 1. The molecule has 1 aromatic rings. The number of carbonyl (C=O) groups excluding carboxylic acids is 1. The highest BCUT2D eigenvalue weighted by Gasteiger charge is 2.35.